The van der Waals surface area contributed by atoms with Gasteiger partial charge in [-0.2, -0.15) is 0 Å². The summed E-state index contributed by atoms with van der Waals surface area (Å²) in [5, 5.41) is 13.8. The van der Waals surface area contributed by atoms with E-state index in [2.05, 4.69) is 12.2 Å². The number of nitrogen functional groups attached to an aromatic ring is 1. The van der Waals surface area contributed by atoms with Crippen LogP contribution in [0.5, 0.6) is 0 Å². The smallest absolute Gasteiger partial charge is 0.0661 e. The maximum Gasteiger partial charge on any atom is 0.0661 e. The Kier molecular flexibility index (Phi) is 4.03. The number of hydrogen-bond acceptors (Lipinski definition) is 3. The van der Waals surface area contributed by atoms with Crippen LogP contribution in [0.25, 0.3) is 0 Å². The molecule has 1 aliphatic carbocycles. The van der Waals surface area contributed by atoms with Gasteiger partial charge in [-0.3, -0.25) is 0 Å². The van der Waals surface area contributed by atoms with Crippen LogP contribution in [-0.2, 0) is 0 Å². The molecule has 1 fully saturated rings. The van der Waals surface area contributed by atoms with Crippen LogP contribution in [0.4, 0.5) is 11.4 Å². The molecular weight excluding hydrogens is 248 g/mol. The molecule has 2 rings (SSSR count). The Morgan fingerprint density at radius 1 is 1.56 bits per heavy atom. The van der Waals surface area contributed by atoms with E-state index in [9.17, 15) is 5.11 Å². The average Bonchev–Trinajstić information content (AvgIpc) is 2.33. The minimum atomic E-state index is -0.239. The molecule has 0 bridgehead atoms. The summed E-state index contributed by atoms with van der Waals surface area (Å²) in [5.74, 6) is 0.631. The second kappa shape index (κ2) is 5.37. The van der Waals surface area contributed by atoms with Crippen molar-refractivity contribution >= 4 is 23.0 Å². The summed E-state index contributed by atoms with van der Waals surface area (Å²) in [7, 11) is 0. The highest BCUT2D eigenvalue weighted by molar-refractivity contribution is 6.33. The Hall–Kier alpha value is -0.930. The summed E-state index contributed by atoms with van der Waals surface area (Å²) in [4.78, 5) is 0. The maximum atomic E-state index is 9.74. The molecule has 1 aromatic carbocycles. The molecule has 18 heavy (non-hydrogen) atoms. The topological polar surface area (TPSA) is 58.3 Å². The standard InChI is InChI=1S/C14H21ClN2O/c1-10-3-2-6-14(8-10,9-18)17-13-5-4-11(16)7-12(13)15/h4-5,7,10,17-18H,2-3,6,8-9,16H2,1H3. The Bertz CT molecular complexity index is 424. The summed E-state index contributed by atoms with van der Waals surface area (Å²) < 4.78 is 0. The fraction of sp³-hybridized carbons (Fsp3) is 0.571. The summed E-state index contributed by atoms with van der Waals surface area (Å²) in [6.07, 6.45) is 4.33. The molecule has 0 saturated heterocycles. The predicted molar refractivity (Wildman–Crippen MR) is 76.9 cm³/mol. The normalized spacial score (nSPS) is 28.1. The number of nitrogens with one attached hydrogen (secondary N) is 1. The van der Waals surface area contributed by atoms with Crippen molar-refractivity contribution in [2.75, 3.05) is 17.7 Å². The first-order chi connectivity index (χ1) is 8.54. The fourth-order valence-electron chi connectivity index (χ4n) is 2.88. The summed E-state index contributed by atoms with van der Waals surface area (Å²) in [5.41, 5.74) is 6.96. The number of rotatable bonds is 3. The molecule has 1 aromatic rings. The first-order valence-corrected chi connectivity index (χ1v) is 6.86. The molecule has 0 radical (unpaired) electrons. The summed E-state index contributed by atoms with van der Waals surface area (Å²) in [6, 6.07) is 5.45. The van der Waals surface area contributed by atoms with Crippen LogP contribution in [0, 0.1) is 5.92 Å². The lowest BCUT2D eigenvalue weighted by Gasteiger charge is -2.40. The van der Waals surface area contributed by atoms with Gasteiger partial charge in [-0.1, -0.05) is 31.4 Å². The average molecular weight is 269 g/mol. The van der Waals surface area contributed by atoms with E-state index in [0.717, 1.165) is 24.9 Å². The third kappa shape index (κ3) is 2.90. The third-order valence-electron chi connectivity index (χ3n) is 3.79. The van der Waals surface area contributed by atoms with Crippen molar-refractivity contribution in [3.63, 3.8) is 0 Å². The van der Waals surface area contributed by atoms with Crippen molar-refractivity contribution in [1.29, 1.82) is 0 Å². The molecule has 0 aliphatic heterocycles. The number of aliphatic hydroxyl groups excluding tert-OH is 1. The highest BCUT2D eigenvalue weighted by atomic mass is 35.5. The summed E-state index contributed by atoms with van der Waals surface area (Å²) in [6.45, 7) is 2.37. The van der Waals surface area contributed by atoms with Crippen LogP contribution in [0.2, 0.25) is 5.02 Å². The van der Waals surface area contributed by atoms with Gasteiger partial charge < -0.3 is 16.2 Å². The van der Waals surface area contributed by atoms with Crippen molar-refractivity contribution in [1.82, 2.24) is 0 Å². The highest BCUT2D eigenvalue weighted by Crippen LogP contribution is 2.36. The molecular formula is C14H21ClN2O. The predicted octanol–water partition coefficient (Wildman–Crippen LogP) is 3.28. The van der Waals surface area contributed by atoms with Gasteiger partial charge >= 0.3 is 0 Å². The highest BCUT2D eigenvalue weighted by Gasteiger charge is 2.34. The lowest BCUT2D eigenvalue weighted by Crippen LogP contribution is -2.45. The van der Waals surface area contributed by atoms with Gasteiger partial charge in [-0.05, 0) is 37.0 Å². The fourth-order valence-corrected chi connectivity index (χ4v) is 3.11. The van der Waals surface area contributed by atoms with Crippen molar-refractivity contribution in [2.45, 2.75) is 38.1 Å². The number of hydrogen-bond donors (Lipinski definition) is 3. The Morgan fingerprint density at radius 2 is 2.33 bits per heavy atom. The quantitative estimate of drug-likeness (QED) is 0.738. The van der Waals surface area contributed by atoms with E-state index in [0.29, 0.717) is 16.6 Å². The van der Waals surface area contributed by atoms with E-state index in [4.69, 9.17) is 17.3 Å². The molecule has 0 aromatic heterocycles. The number of halogens is 1. The molecule has 4 heteroatoms. The summed E-state index contributed by atoms with van der Waals surface area (Å²) >= 11 is 6.18. The van der Waals surface area contributed by atoms with E-state index < -0.39 is 0 Å². The van der Waals surface area contributed by atoms with Gasteiger partial charge in [0.2, 0.25) is 0 Å². The van der Waals surface area contributed by atoms with Crippen LogP contribution < -0.4 is 11.1 Å². The molecule has 0 heterocycles. The van der Waals surface area contributed by atoms with Crippen LogP contribution in [0.15, 0.2) is 18.2 Å². The van der Waals surface area contributed by atoms with Crippen LogP contribution in [-0.4, -0.2) is 17.3 Å². The molecule has 4 N–H and O–H groups in total. The SMILES string of the molecule is CC1CCCC(CO)(Nc2ccc(N)cc2Cl)C1. The van der Waals surface area contributed by atoms with Gasteiger partial charge in [-0.15, -0.1) is 0 Å². The zero-order valence-corrected chi connectivity index (χ0v) is 11.5. The minimum Gasteiger partial charge on any atom is -0.399 e. The monoisotopic (exact) mass is 268 g/mol. The Morgan fingerprint density at radius 3 is 2.94 bits per heavy atom. The zero-order valence-electron chi connectivity index (χ0n) is 10.7. The van der Waals surface area contributed by atoms with E-state index in [-0.39, 0.29) is 12.1 Å². The molecule has 100 valence electrons. The van der Waals surface area contributed by atoms with Crippen molar-refractivity contribution < 1.29 is 5.11 Å². The number of nitrogens with two attached hydrogens (primary N) is 1. The molecule has 0 amide bonds. The van der Waals surface area contributed by atoms with Crippen LogP contribution >= 0.6 is 11.6 Å². The van der Waals surface area contributed by atoms with Crippen LogP contribution in [0.3, 0.4) is 0 Å². The van der Waals surface area contributed by atoms with Crippen LogP contribution in [0.1, 0.15) is 32.6 Å². The lowest BCUT2D eigenvalue weighted by atomic mass is 9.76. The number of anilines is 2. The van der Waals surface area contributed by atoms with Crippen molar-refractivity contribution in [3.05, 3.63) is 23.2 Å². The van der Waals surface area contributed by atoms with E-state index in [1.165, 1.54) is 6.42 Å². The van der Waals surface area contributed by atoms with Gasteiger partial charge in [0, 0.05) is 5.69 Å². The molecule has 0 spiro atoms. The lowest BCUT2D eigenvalue weighted by molar-refractivity contribution is 0.149. The number of benzene rings is 1. The first-order valence-electron chi connectivity index (χ1n) is 6.49. The second-order valence-electron chi connectivity index (χ2n) is 5.50. The van der Waals surface area contributed by atoms with Gasteiger partial charge in [0.25, 0.3) is 0 Å². The van der Waals surface area contributed by atoms with Gasteiger partial charge in [0.1, 0.15) is 0 Å². The molecule has 1 aliphatic rings. The largest absolute Gasteiger partial charge is 0.399 e. The van der Waals surface area contributed by atoms with Crippen molar-refractivity contribution in [2.24, 2.45) is 5.92 Å². The van der Waals surface area contributed by atoms with E-state index in [1.54, 1.807) is 6.07 Å². The third-order valence-corrected chi connectivity index (χ3v) is 4.10. The minimum absolute atomic E-state index is 0.137. The van der Waals surface area contributed by atoms with Gasteiger partial charge in [0.15, 0.2) is 0 Å². The molecule has 2 atom stereocenters. The van der Waals surface area contributed by atoms with E-state index >= 15 is 0 Å². The van der Waals surface area contributed by atoms with E-state index in [1.807, 2.05) is 12.1 Å². The molecule has 1 saturated carbocycles. The first kappa shape index (κ1) is 13.5. The van der Waals surface area contributed by atoms with Crippen molar-refractivity contribution in [3.8, 4) is 0 Å². The van der Waals surface area contributed by atoms with Gasteiger partial charge in [-0.25, -0.2) is 0 Å². The second-order valence-corrected chi connectivity index (χ2v) is 5.91. The zero-order chi connectivity index (χ0) is 13.2. The molecule has 2 unspecified atom stereocenters. The Balaban J connectivity index is 2.19. The van der Waals surface area contributed by atoms with Gasteiger partial charge in [0.05, 0.1) is 22.9 Å². The molecule has 3 nitrogen and oxygen atoms in total. The number of aliphatic hydroxyl groups is 1. The Labute approximate surface area is 113 Å². The maximum absolute atomic E-state index is 9.74.